The highest BCUT2D eigenvalue weighted by atomic mass is 16.5. The van der Waals surface area contributed by atoms with E-state index in [0.29, 0.717) is 43.3 Å². The number of carbonyl (C=O) groups excluding carboxylic acids is 4. The minimum absolute atomic E-state index is 0.0407. The van der Waals surface area contributed by atoms with E-state index >= 15 is 0 Å². The monoisotopic (exact) mass is 488 g/mol. The Morgan fingerprint density at radius 3 is 2.50 bits per heavy atom. The van der Waals surface area contributed by atoms with Crippen molar-refractivity contribution in [2.24, 2.45) is 0 Å². The van der Waals surface area contributed by atoms with Gasteiger partial charge in [-0.2, -0.15) is 0 Å². The highest BCUT2D eigenvalue weighted by Gasteiger charge is 2.37. The van der Waals surface area contributed by atoms with Crippen molar-refractivity contribution < 1.29 is 28.7 Å². The van der Waals surface area contributed by atoms with Crippen LogP contribution in [0.1, 0.15) is 5.56 Å². The summed E-state index contributed by atoms with van der Waals surface area (Å²) in [5, 5.41) is 3.01. The van der Waals surface area contributed by atoms with Crippen LogP contribution in [-0.2, 0) is 25.7 Å². The van der Waals surface area contributed by atoms with Gasteiger partial charge in [-0.3, -0.25) is 19.7 Å². The molecule has 0 aliphatic carbocycles. The first-order chi connectivity index (χ1) is 17.5. The summed E-state index contributed by atoms with van der Waals surface area (Å²) in [6, 6.07) is 13.0. The number of aromatic nitrogens is 1. The molecule has 2 aliphatic rings. The quantitative estimate of drug-likeness (QED) is 0.436. The van der Waals surface area contributed by atoms with Gasteiger partial charge in [0.05, 0.1) is 26.0 Å². The third-order valence-corrected chi connectivity index (χ3v) is 6.22. The minimum atomic E-state index is -0.828. The van der Waals surface area contributed by atoms with E-state index < -0.39 is 17.8 Å². The van der Waals surface area contributed by atoms with Crippen molar-refractivity contribution >= 4 is 46.4 Å². The number of methoxy groups -OCH3 is 1. The molecular formula is C26H24N4O6. The molecule has 10 nitrogen and oxygen atoms in total. The molecule has 0 unspecified atom stereocenters. The summed E-state index contributed by atoms with van der Waals surface area (Å²) in [4.78, 5) is 54.0. The van der Waals surface area contributed by atoms with E-state index in [2.05, 4.69) is 5.32 Å². The summed E-state index contributed by atoms with van der Waals surface area (Å²) < 4.78 is 12.3. The molecule has 2 saturated heterocycles. The SMILES string of the molecule is COc1ccc(N2C(=O)NC(=O)C(=Cc3cn(CC(=O)N4CCOCC4)c4ccccc34)C2=O)cc1. The molecule has 3 heterocycles. The Bertz CT molecular complexity index is 1390. The molecule has 184 valence electrons. The summed E-state index contributed by atoms with van der Waals surface area (Å²) in [5.74, 6) is -0.998. The third-order valence-electron chi connectivity index (χ3n) is 6.22. The summed E-state index contributed by atoms with van der Waals surface area (Å²) in [6.45, 7) is 2.21. The van der Waals surface area contributed by atoms with Crippen molar-refractivity contribution in [1.82, 2.24) is 14.8 Å². The molecule has 2 aromatic carbocycles. The number of anilines is 1. The maximum Gasteiger partial charge on any atom is 0.335 e. The predicted molar refractivity (Wildman–Crippen MR) is 131 cm³/mol. The average Bonchev–Trinajstić information content (AvgIpc) is 3.24. The van der Waals surface area contributed by atoms with Crippen LogP contribution in [0.4, 0.5) is 10.5 Å². The molecule has 2 aliphatic heterocycles. The van der Waals surface area contributed by atoms with E-state index in [4.69, 9.17) is 9.47 Å². The second-order valence-electron chi connectivity index (χ2n) is 8.38. The van der Waals surface area contributed by atoms with E-state index in [-0.39, 0.29) is 18.0 Å². The van der Waals surface area contributed by atoms with Crippen molar-refractivity contribution in [3.8, 4) is 5.75 Å². The molecule has 2 fully saturated rings. The van der Waals surface area contributed by atoms with E-state index in [1.165, 1.54) is 13.2 Å². The average molecular weight is 489 g/mol. The summed E-state index contributed by atoms with van der Waals surface area (Å²) in [6.07, 6.45) is 3.20. The number of morpholine rings is 1. The van der Waals surface area contributed by atoms with Crippen molar-refractivity contribution in [3.05, 3.63) is 65.9 Å². The van der Waals surface area contributed by atoms with Gasteiger partial charge in [0.15, 0.2) is 0 Å². The van der Waals surface area contributed by atoms with Gasteiger partial charge in [0.2, 0.25) is 5.91 Å². The van der Waals surface area contributed by atoms with Crippen molar-refractivity contribution in [2.75, 3.05) is 38.3 Å². The molecular weight excluding hydrogens is 464 g/mol. The standard InChI is InChI=1S/C26H24N4O6/c1-35-19-8-6-18(7-9-19)30-25(33)21(24(32)27-26(30)34)14-17-15-29(22-5-3-2-4-20(17)22)16-23(31)28-10-12-36-13-11-28/h2-9,14-15H,10-13,16H2,1H3,(H,27,32,34). The van der Waals surface area contributed by atoms with Crippen LogP contribution in [0.2, 0.25) is 0 Å². The molecule has 5 rings (SSSR count). The second kappa shape index (κ2) is 9.67. The lowest BCUT2D eigenvalue weighted by atomic mass is 10.1. The summed E-state index contributed by atoms with van der Waals surface area (Å²) >= 11 is 0. The Morgan fingerprint density at radius 1 is 1.06 bits per heavy atom. The van der Waals surface area contributed by atoms with Crippen LogP contribution in [0, 0.1) is 0 Å². The van der Waals surface area contributed by atoms with Crippen LogP contribution in [0.3, 0.4) is 0 Å². The normalized spacial score (nSPS) is 17.6. The number of rotatable bonds is 5. The van der Waals surface area contributed by atoms with Crippen LogP contribution in [0.5, 0.6) is 5.75 Å². The zero-order chi connectivity index (χ0) is 25.2. The summed E-state index contributed by atoms with van der Waals surface area (Å²) in [5.41, 5.74) is 1.49. The Labute approximate surface area is 206 Å². The summed E-state index contributed by atoms with van der Waals surface area (Å²) in [7, 11) is 1.51. The van der Waals surface area contributed by atoms with Crippen molar-refractivity contribution in [2.45, 2.75) is 6.54 Å². The zero-order valence-electron chi connectivity index (χ0n) is 19.6. The Kier molecular flexibility index (Phi) is 6.26. The van der Waals surface area contributed by atoms with Crippen LogP contribution < -0.4 is 15.0 Å². The Morgan fingerprint density at radius 2 is 1.78 bits per heavy atom. The minimum Gasteiger partial charge on any atom is -0.497 e. The molecule has 0 atom stereocenters. The van der Waals surface area contributed by atoms with Gasteiger partial charge in [0, 0.05) is 35.8 Å². The topological polar surface area (TPSA) is 110 Å². The molecule has 0 spiro atoms. The fourth-order valence-electron chi connectivity index (χ4n) is 4.36. The molecule has 1 N–H and O–H groups in total. The lowest BCUT2D eigenvalue weighted by molar-refractivity contribution is -0.135. The number of barbiturate groups is 1. The number of imide groups is 2. The molecule has 0 radical (unpaired) electrons. The van der Waals surface area contributed by atoms with Crippen molar-refractivity contribution in [1.29, 1.82) is 0 Å². The largest absolute Gasteiger partial charge is 0.497 e. The second-order valence-corrected chi connectivity index (χ2v) is 8.38. The number of ether oxygens (including phenoxy) is 2. The van der Waals surface area contributed by atoms with Crippen LogP contribution in [0.25, 0.3) is 17.0 Å². The number of carbonyl (C=O) groups is 4. The molecule has 0 saturated carbocycles. The first kappa shape index (κ1) is 23.3. The molecule has 3 aromatic rings. The number of fused-ring (bicyclic) bond motifs is 1. The fourth-order valence-corrected chi connectivity index (χ4v) is 4.36. The van der Waals surface area contributed by atoms with Crippen molar-refractivity contribution in [3.63, 3.8) is 0 Å². The van der Waals surface area contributed by atoms with E-state index in [1.807, 2.05) is 24.3 Å². The van der Waals surface area contributed by atoms with Gasteiger partial charge >= 0.3 is 6.03 Å². The number of amides is 5. The Hall–Kier alpha value is -4.44. The number of para-hydroxylation sites is 1. The number of nitrogens with zero attached hydrogens (tertiary/aromatic N) is 3. The molecule has 5 amide bonds. The van der Waals surface area contributed by atoms with Crippen LogP contribution >= 0.6 is 0 Å². The maximum absolute atomic E-state index is 13.3. The molecule has 10 heteroatoms. The lowest BCUT2D eigenvalue weighted by Gasteiger charge is -2.27. The van der Waals surface area contributed by atoms with Gasteiger partial charge in [-0.25, -0.2) is 9.69 Å². The van der Waals surface area contributed by atoms with Gasteiger partial charge in [-0.15, -0.1) is 0 Å². The molecule has 1 aromatic heterocycles. The highest BCUT2D eigenvalue weighted by Crippen LogP contribution is 2.27. The van der Waals surface area contributed by atoms with Gasteiger partial charge in [-0.05, 0) is 36.4 Å². The number of nitrogens with one attached hydrogen (secondary N) is 1. The van der Waals surface area contributed by atoms with Gasteiger partial charge in [0.25, 0.3) is 11.8 Å². The predicted octanol–water partition coefficient (Wildman–Crippen LogP) is 2.18. The fraction of sp³-hybridized carbons (Fsp3) is 0.231. The van der Waals surface area contributed by atoms with Crippen LogP contribution in [0.15, 0.2) is 60.3 Å². The van der Waals surface area contributed by atoms with E-state index in [0.717, 1.165) is 15.8 Å². The zero-order valence-corrected chi connectivity index (χ0v) is 19.6. The molecule has 36 heavy (non-hydrogen) atoms. The van der Waals surface area contributed by atoms with E-state index in [9.17, 15) is 19.2 Å². The van der Waals surface area contributed by atoms with Crippen LogP contribution in [-0.4, -0.2) is 66.6 Å². The smallest absolute Gasteiger partial charge is 0.335 e. The highest BCUT2D eigenvalue weighted by molar-refractivity contribution is 6.39. The number of hydrogen-bond acceptors (Lipinski definition) is 6. The molecule has 0 bridgehead atoms. The van der Waals surface area contributed by atoms with Gasteiger partial charge in [0.1, 0.15) is 17.9 Å². The Balaban J connectivity index is 1.49. The lowest BCUT2D eigenvalue weighted by Crippen LogP contribution is -2.54. The van der Waals surface area contributed by atoms with Gasteiger partial charge in [-0.1, -0.05) is 18.2 Å². The number of benzene rings is 2. The number of urea groups is 1. The first-order valence-corrected chi connectivity index (χ1v) is 11.4. The first-order valence-electron chi connectivity index (χ1n) is 11.4. The van der Waals surface area contributed by atoms with E-state index in [1.54, 1.807) is 39.9 Å². The third kappa shape index (κ3) is 4.34. The maximum atomic E-state index is 13.3. The number of hydrogen-bond donors (Lipinski definition) is 1. The van der Waals surface area contributed by atoms with Gasteiger partial charge < -0.3 is 18.9 Å².